The molecule has 0 unspecified atom stereocenters. The fourth-order valence-corrected chi connectivity index (χ4v) is 5.16. The highest BCUT2D eigenvalue weighted by Gasteiger charge is 2.34. The Morgan fingerprint density at radius 2 is 1.71 bits per heavy atom. The van der Waals surface area contributed by atoms with Crippen molar-refractivity contribution in [3.8, 4) is 11.3 Å². The van der Waals surface area contributed by atoms with Crippen molar-refractivity contribution < 1.29 is 30.8 Å². The lowest BCUT2D eigenvalue weighted by Gasteiger charge is -2.34. The molecule has 1 amide bonds. The highest BCUT2D eigenvalue weighted by atomic mass is 32.2. The number of aryl methyl sites for hydroxylation is 1. The first-order valence-corrected chi connectivity index (χ1v) is 12.0. The highest BCUT2D eigenvalue weighted by molar-refractivity contribution is 7.89. The van der Waals surface area contributed by atoms with Crippen molar-refractivity contribution in [1.29, 1.82) is 0 Å². The number of hydrogen-bond acceptors (Lipinski definition) is 5. The summed E-state index contributed by atoms with van der Waals surface area (Å²) in [6.07, 6.45) is -2.59. The summed E-state index contributed by atoms with van der Waals surface area (Å²) in [6, 6.07) is 13.1. The zero-order valence-electron chi connectivity index (χ0n) is 18.0. The lowest BCUT2D eigenvalue weighted by Crippen LogP contribution is -2.50. The van der Waals surface area contributed by atoms with E-state index < -0.39 is 26.7 Å². The summed E-state index contributed by atoms with van der Waals surface area (Å²) >= 11 is 0. The molecule has 0 aliphatic carbocycles. The topological polar surface area (TPSA) is 83.7 Å². The Labute approximate surface area is 194 Å². The van der Waals surface area contributed by atoms with Gasteiger partial charge in [-0.05, 0) is 18.2 Å². The molecule has 1 aromatic heterocycles. The summed E-state index contributed by atoms with van der Waals surface area (Å²) in [5, 5.41) is 0. The van der Waals surface area contributed by atoms with Gasteiger partial charge in [-0.15, -0.1) is 0 Å². The lowest BCUT2D eigenvalue weighted by molar-refractivity contribution is -0.137. The maximum absolute atomic E-state index is 13.0. The van der Waals surface area contributed by atoms with Crippen molar-refractivity contribution in [3.63, 3.8) is 0 Å². The Balaban J connectivity index is 1.32. The van der Waals surface area contributed by atoms with E-state index >= 15 is 0 Å². The number of oxazole rings is 1. The standard InChI is InChI=1S/C23H22F3N3O4S/c24-23(25,26)18-7-4-8-19(15-18)34(31,32)29-13-11-28(12-14-29)22(30)10-9-21-27-16-20(33-21)17-5-2-1-3-6-17/h1-8,15-16H,9-14H2. The van der Waals surface area contributed by atoms with E-state index in [0.29, 0.717) is 24.1 Å². The van der Waals surface area contributed by atoms with Gasteiger partial charge in [-0.1, -0.05) is 36.4 Å². The highest BCUT2D eigenvalue weighted by Crippen LogP contribution is 2.31. The van der Waals surface area contributed by atoms with E-state index in [4.69, 9.17) is 4.42 Å². The van der Waals surface area contributed by atoms with E-state index in [9.17, 15) is 26.4 Å². The van der Waals surface area contributed by atoms with Crippen molar-refractivity contribution in [2.45, 2.75) is 23.9 Å². The van der Waals surface area contributed by atoms with Crippen LogP contribution in [0.4, 0.5) is 13.2 Å². The number of halogens is 3. The van der Waals surface area contributed by atoms with E-state index in [2.05, 4.69) is 4.98 Å². The monoisotopic (exact) mass is 493 g/mol. The average molecular weight is 494 g/mol. The predicted molar refractivity (Wildman–Crippen MR) is 117 cm³/mol. The molecule has 34 heavy (non-hydrogen) atoms. The van der Waals surface area contributed by atoms with Gasteiger partial charge >= 0.3 is 6.18 Å². The first kappa shape index (κ1) is 24.0. The predicted octanol–water partition coefficient (Wildman–Crippen LogP) is 3.83. The number of piperazine rings is 1. The van der Waals surface area contributed by atoms with Gasteiger partial charge in [-0.3, -0.25) is 4.79 Å². The second-order valence-corrected chi connectivity index (χ2v) is 9.73. The van der Waals surface area contributed by atoms with E-state index in [-0.39, 0.29) is 38.5 Å². The number of aromatic nitrogens is 1. The summed E-state index contributed by atoms with van der Waals surface area (Å²) < 4.78 is 71.3. The third kappa shape index (κ3) is 5.31. The van der Waals surface area contributed by atoms with Crippen LogP contribution in [0.2, 0.25) is 0 Å². The SMILES string of the molecule is O=C(CCc1ncc(-c2ccccc2)o1)N1CCN(S(=O)(=O)c2cccc(C(F)(F)F)c2)CC1. The third-order valence-electron chi connectivity index (χ3n) is 5.56. The molecule has 0 N–H and O–H groups in total. The number of carbonyl (C=O) groups is 1. The second kappa shape index (κ2) is 9.59. The molecule has 0 bridgehead atoms. The van der Waals surface area contributed by atoms with Crippen molar-refractivity contribution in [2.24, 2.45) is 0 Å². The number of carbonyl (C=O) groups excluding carboxylic acids is 1. The third-order valence-corrected chi connectivity index (χ3v) is 7.45. The molecule has 3 aromatic rings. The minimum absolute atomic E-state index is 0.00146. The van der Waals surface area contributed by atoms with E-state index in [1.54, 1.807) is 11.1 Å². The van der Waals surface area contributed by atoms with Crippen LogP contribution in [0.15, 0.2) is 70.1 Å². The molecule has 0 radical (unpaired) electrons. The maximum Gasteiger partial charge on any atom is 0.416 e. The summed E-state index contributed by atoms with van der Waals surface area (Å²) in [6.45, 7) is 0.304. The molecule has 180 valence electrons. The first-order chi connectivity index (χ1) is 16.1. The molecule has 1 aliphatic heterocycles. The number of alkyl halides is 3. The van der Waals surface area contributed by atoms with E-state index in [1.165, 1.54) is 0 Å². The van der Waals surface area contributed by atoms with Gasteiger partial charge in [0.2, 0.25) is 15.9 Å². The largest absolute Gasteiger partial charge is 0.441 e. The van der Waals surface area contributed by atoms with Gasteiger partial charge in [0.25, 0.3) is 0 Å². The molecule has 2 heterocycles. The smallest absolute Gasteiger partial charge is 0.416 e. The number of benzene rings is 2. The van der Waals surface area contributed by atoms with Crippen molar-refractivity contribution in [1.82, 2.24) is 14.2 Å². The Morgan fingerprint density at radius 1 is 1.00 bits per heavy atom. The van der Waals surface area contributed by atoms with Crippen molar-refractivity contribution in [2.75, 3.05) is 26.2 Å². The molecule has 1 fully saturated rings. The normalized spacial score (nSPS) is 15.4. The van der Waals surface area contributed by atoms with Gasteiger partial charge in [0, 0.05) is 44.6 Å². The van der Waals surface area contributed by atoms with Crippen LogP contribution in [0.3, 0.4) is 0 Å². The molecule has 1 aliphatic rings. The number of hydrogen-bond donors (Lipinski definition) is 0. The maximum atomic E-state index is 13.0. The van der Waals surface area contributed by atoms with Crippen LogP contribution in [-0.2, 0) is 27.4 Å². The zero-order valence-corrected chi connectivity index (χ0v) is 18.8. The molecular formula is C23H22F3N3O4S. The van der Waals surface area contributed by atoms with Crippen LogP contribution in [0.5, 0.6) is 0 Å². The lowest BCUT2D eigenvalue weighted by atomic mass is 10.2. The van der Waals surface area contributed by atoms with Crippen LogP contribution in [-0.4, -0.2) is 54.7 Å². The summed E-state index contributed by atoms with van der Waals surface area (Å²) in [5.74, 6) is 0.866. The van der Waals surface area contributed by atoms with Crippen molar-refractivity contribution in [3.05, 3.63) is 72.2 Å². The molecule has 2 aromatic carbocycles. The number of nitrogens with zero attached hydrogens (tertiary/aromatic N) is 3. The number of amides is 1. The quantitative estimate of drug-likeness (QED) is 0.521. The molecule has 0 spiro atoms. The first-order valence-electron chi connectivity index (χ1n) is 10.6. The van der Waals surface area contributed by atoms with Gasteiger partial charge in [-0.25, -0.2) is 13.4 Å². The van der Waals surface area contributed by atoms with Gasteiger partial charge in [-0.2, -0.15) is 17.5 Å². The zero-order chi connectivity index (χ0) is 24.3. The Morgan fingerprint density at radius 3 is 2.38 bits per heavy atom. The molecule has 0 atom stereocenters. The molecule has 11 heteroatoms. The van der Waals surface area contributed by atoms with Gasteiger partial charge in [0.05, 0.1) is 16.7 Å². The second-order valence-electron chi connectivity index (χ2n) is 7.79. The Bertz CT molecular complexity index is 1250. The van der Waals surface area contributed by atoms with Crippen LogP contribution in [0, 0.1) is 0 Å². The van der Waals surface area contributed by atoms with E-state index in [0.717, 1.165) is 28.1 Å². The number of sulfonamides is 1. The van der Waals surface area contributed by atoms with Crippen molar-refractivity contribution >= 4 is 15.9 Å². The van der Waals surface area contributed by atoms with Crippen LogP contribution in [0.1, 0.15) is 17.9 Å². The molecule has 1 saturated heterocycles. The molecular weight excluding hydrogens is 471 g/mol. The summed E-state index contributed by atoms with van der Waals surface area (Å²) in [7, 11) is -4.10. The minimum Gasteiger partial charge on any atom is -0.441 e. The van der Waals surface area contributed by atoms with Gasteiger partial charge in [0.1, 0.15) is 0 Å². The fraction of sp³-hybridized carbons (Fsp3) is 0.304. The van der Waals surface area contributed by atoms with Crippen LogP contribution in [0.25, 0.3) is 11.3 Å². The fourth-order valence-electron chi connectivity index (χ4n) is 3.69. The molecule has 4 rings (SSSR count). The van der Waals surface area contributed by atoms with Gasteiger partial charge < -0.3 is 9.32 Å². The minimum atomic E-state index is -4.64. The van der Waals surface area contributed by atoms with Gasteiger partial charge in [0.15, 0.2) is 11.7 Å². The summed E-state index contributed by atoms with van der Waals surface area (Å²) in [5.41, 5.74) is -0.143. The number of rotatable bonds is 6. The van der Waals surface area contributed by atoms with Crippen LogP contribution < -0.4 is 0 Å². The average Bonchev–Trinajstić information content (AvgIpc) is 3.32. The molecule has 0 saturated carbocycles. The summed E-state index contributed by atoms with van der Waals surface area (Å²) in [4.78, 5) is 17.9. The Hall–Kier alpha value is -3.18. The molecule has 7 nitrogen and oxygen atoms in total. The van der Waals surface area contributed by atoms with E-state index in [1.807, 2.05) is 30.3 Å². The van der Waals surface area contributed by atoms with Crippen LogP contribution >= 0.6 is 0 Å². The Kier molecular flexibility index (Phi) is 6.76.